The molecule has 0 fully saturated rings. The van der Waals surface area contributed by atoms with Crippen molar-refractivity contribution in [3.8, 4) is 0 Å². The molecule has 0 bridgehead atoms. The molecule has 1 aliphatic heterocycles. The Morgan fingerprint density at radius 1 is 1.56 bits per heavy atom. The van der Waals surface area contributed by atoms with Crippen molar-refractivity contribution in [1.29, 1.82) is 0 Å². The Balaban J connectivity index is 2.70. The summed E-state index contributed by atoms with van der Waals surface area (Å²) in [4.78, 5) is 2.19. The van der Waals surface area contributed by atoms with Crippen molar-refractivity contribution < 1.29 is 0 Å². The molecule has 0 amide bonds. The lowest BCUT2D eigenvalue weighted by atomic mass is 10.1. The van der Waals surface area contributed by atoms with Gasteiger partial charge in [-0.2, -0.15) is 0 Å². The fourth-order valence-corrected chi connectivity index (χ4v) is 0.924. The van der Waals surface area contributed by atoms with Crippen molar-refractivity contribution >= 4 is 0 Å². The van der Waals surface area contributed by atoms with Crippen LogP contribution in [-0.2, 0) is 0 Å². The molecule has 0 radical (unpaired) electrons. The maximum Gasteiger partial charge on any atom is 0.0441 e. The summed E-state index contributed by atoms with van der Waals surface area (Å²) in [6.07, 6.45) is 6.49. The number of rotatable bonds is 0. The Bertz CT molecular complexity index is 156. The third-order valence-corrected chi connectivity index (χ3v) is 1.72. The second-order valence-electron chi connectivity index (χ2n) is 2.63. The first-order valence-electron chi connectivity index (χ1n) is 3.28. The molecule has 1 heterocycles. The van der Waals surface area contributed by atoms with Gasteiger partial charge in [-0.3, -0.25) is 0 Å². The van der Waals surface area contributed by atoms with Crippen molar-refractivity contribution in [3.05, 3.63) is 23.9 Å². The van der Waals surface area contributed by atoms with E-state index in [0.29, 0.717) is 6.04 Å². The molecule has 1 atom stereocenters. The van der Waals surface area contributed by atoms with Gasteiger partial charge in [-0.15, -0.1) is 0 Å². The van der Waals surface area contributed by atoms with Crippen molar-refractivity contribution in [2.45, 2.75) is 19.9 Å². The predicted octanol–water partition coefficient (Wildman–Crippen LogP) is 1.78. The lowest BCUT2D eigenvalue weighted by molar-refractivity contribution is 0.401. The highest BCUT2D eigenvalue weighted by Crippen LogP contribution is 2.09. The maximum atomic E-state index is 2.25. The second-order valence-corrected chi connectivity index (χ2v) is 2.63. The van der Waals surface area contributed by atoms with Gasteiger partial charge in [0, 0.05) is 13.1 Å². The topological polar surface area (TPSA) is 3.24 Å². The SMILES string of the molecule is CC1=CC(C)N(C)C=C1. The Labute approximate surface area is 56.7 Å². The molecule has 1 unspecified atom stereocenters. The normalized spacial score (nSPS) is 26.3. The van der Waals surface area contributed by atoms with Crippen molar-refractivity contribution in [2.75, 3.05) is 7.05 Å². The number of nitrogens with zero attached hydrogens (tertiary/aromatic N) is 1. The summed E-state index contributed by atoms with van der Waals surface area (Å²) < 4.78 is 0. The molecule has 0 aromatic rings. The van der Waals surface area contributed by atoms with Crippen LogP contribution in [0.5, 0.6) is 0 Å². The van der Waals surface area contributed by atoms with E-state index in [1.165, 1.54) is 5.57 Å². The van der Waals surface area contributed by atoms with Gasteiger partial charge < -0.3 is 4.90 Å². The third kappa shape index (κ3) is 1.35. The van der Waals surface area contributed by atoms with Gasteiger partial charge in [-0.25, -0.2) is 0 Å². The van der Waals surface area contributed by atoms with E-state index in [1.54, 1.807) is 0 Å². The molecule has 0 saturated carbocycles. The predicted molar refractivity (Wildman–Crippen MR) is 40.1 cm³/mol. The van der Waals surface area contributed by atoms with E-state index >= 15 is 0 Å². The minimum atomic E-state index is 0.565. The molecule has 9 heavy (non-hydrogen) atoms. The first-order chi connectivity index (χ1) is 4.20. The maximum absolute atomic E-state index is 2.25. The zero-order chi connectivity index (χ0) is 6.85. The number of likely N-dealkylation sites (N-methyl/N-ethyl adjacent to an activating group) is 1. The van der Waals surface area contributed by atoms with E-state index < -0.39 is 0 Å². The van der Waals surface area contributed by atoms with Crippen LogP contribution in [0.3, 0.4) is 0 Å². The number of hydrogen-bond acceptors (Lipinski definition) is 1. The molecule has 1 heteroatoms. The first kappa shape index (κ1) is 6.40. The standard InChI is InChI=1S/C8H13N/c1-7-4-5-9(3)8(2)6-7/h4-6,8H,1-3H3. The molecule has 0 spiro atoms. The molecule has 0 aromatic carbocycles. The van der Waals surface area contributed by atoms with Gasteiger partial charge in [-0.1, -0.05) is 11.6 Å². The fourth-order valence-electron chi connectivity index (χ4n) is 0.924. The van der Waals surface area contributed by atoms with E-state index in [4.69, 9.17) is 0 Å². The van der Waals surface area contributed by atoms with Crippen LogP contribution in [0, 0.1) is 0 Å². The van der Waals surface area contributed by atoms with Gasteiger partial charge in [0.2, 0.25) is 0 Å². The highest BCUT2D eigenvalue weighted by molar-refractivity contribution is 5.21. The van der Waals surface area contributed by atoms with E-state index in [2.05, 4.69) is 44.1 Å². The van der Waals surface area contributed by atoms with Crippen LogP contribution in [0.15, 0.2) is 23.9 Å². The van der Waals surface area contributed by atoms with Gasteiger partial charge >= 0.3 is 0 Å². The summed E-state index contributed by atoms with van der Waals surface area (Å²) in [6, 6.07) is 0.565. The van der Waals surface area contributed by atoms with Gasteiger partial charge in [0.05, 0.1) is 0 Å². The average molecular weight is 123 g/mol. The molecule has 0 aromatic heterocycles. The van der Waals surface area contributed by atoms with Crippen LogP contribution in [0.4, 0.5) is 0 Å². The molecule has 1 nitrogen and oxygen atoms in total. The molecule has 1 rings (SSSR count). The summed E-state index contributed by atoms with van der Waals surface area (Å²) in [5.74, 6) is 0. The smallest absolute Gasteiger partial charge is 0.0441 e. The summed E-state index contributed by atoms with van der Waals surface area (Å²) in [5, 5.41) is 0. The van der Waals surface area contributed by atoms with Crippen LogP contribution in [0.1, 0.15) is 13.8 Å². The zero-order valence-electron chi connectivity index (χ0n) is 6.26. The second kappa shape index (κ2) is 2.26. The zero-order valence-corrected chi connectivity index (χ0v) is 6.26. The van der Waals surface area contributed by atoms with Crippen LogP contribution in [0.25, 0.3) is 0 Å². The lowest BCUT2D eigenvalue weighted by Gasteiger charge is -2.23. The average Bonchev–Trinajstić information content (AvgIpc) is 1.80. The number of hydrogen-bond donors (Lipinski definition) is 0. The molecule has 0 N–H and O–H groups in total. The van der Waals surface area contributed by atoms with E-state index in [9.17, 15) is 0 Å². The summed E-state index contributed by atoms with van der Waals surface area (Å²) in [6.45, 7) is 4.31. The van der Waals surface area contributed by atoms with Gasteiger partial charge in [-0.05, 0) is 26.1 Å². The van der Waals surface area contributed by atoms with E-state index in [-0.39, 0.29) is 0 Å². The van der Waals surface area contributed by atoms with Crippen molar-refractivity contribution in [2.24, 2.45) is 0 Å². The highest BCUT2D eigenvalue weighted by atomic mass is 15.1. The third-order valence-electron chi connectivity index (χ3n) is 1.72. The Morgan fingerprint density at radius 3 is 2.67 bits per heavy atom. The number of allylic oxidation sites excluding steroid dienone is 2. The molecule has 1 aliphatic rings. The van der Waals surface area contributed by atoms with Crippen LogP contribution >= 0.6 is 0 Å². The molecular formula is C8H13N. The van der Waals surface area contributed by atoms with E-state index in [0.717, 1.165) is 0 Å². The highest BCUT2D eigenvalue weighted by Gasteiger charge is 2.04. The fraction of sp³-hybridized carbons (Fsp3) is 0.500. The molecular weight excluding hydrogens is 110 g/mol. The lowest BCUT2D eigenvalue weighted by Crippen LogP contribution is -2.23. The van der Waals surface area contributed by atoms with Crippen molar-refractivity contribution in [3.63, 3.8) is 0 Å². The van der Waals surface area contributed by atoms with Gasteiger partial charge in [0.15, 0.2) is 0 Å². The summed E-state index contributed by atoms with van der Waals surface area (Å²) in [5.41, 5.74) is 1.36. The summed E-state index contributed by atoms with van der Waals surface area (Å²) >= 11 is 0. The Morgan fingerprint density at radius 2 is 2.22 bits per heavy atom. The Hall–Kier alpha value is -0.720. The monoisotopic (exact) mass is 123 g/mol. The Kier molecular flexibility index (Phi) is 1.60. The minimum Gasteiger partial charge on any atom is -0.374 e. The van der Waals surface area contributed by atoms with Gasteiger partial charge in [0.1, 0.15) is 0 Å². The van der Waals surface area contributed by atoms with Crippen molar-refractivity contribution in [1.82, 2.24) is 4.90 Å². The first-order valence-corrected chi connectivity index (χ1v) is 3.28. The molecule has 0 aliphatic carbocycles. The summed E-state index contributed by atoms with van der Waals surface area (Å²) in [7, 11) is 2.09. The van der Waals surface area contributed by atoms with Crippen LogP contribution in [-0.4, -0.2) is 18.0 Å². The molecule has 0 saturated heterocycles. The van der Waals surface area contributed by atoms with Crippen LogP contribution < -0.4 is 0 Å². The quantitative estimate of drug-likeness (QED) is 0.474. The molecule has 50 valence electrons. The van der Waals surface area contributed by atoms with Gasteiger partial charge in [0.25, 0.3) is 0 Å². The minimum absolute atomic E-state index is 0.565. The largest absolute Gasteiger partial charge is 0.374 e. The van der Waals surface area contributed by atoms with Crippen LogP contribution in [0.2, 0.25) is 0 Å². The van der Waals surface area contributed by atoms with E-state index in [1.807, 2.05) is 0 Å².